The molecule has 3 aromatic heterocycles. The number of amides is 1. The van der Waals surface area contributed by atoms with Crippen molar-refractivity contribution in [3.63, 3.8) is 0 Å². The van der Waals surface area contributed by atoms with Crippen LogP contribution in [0.1, 0.15) is 20.9 Å². The van der Waals surface area contributed by atoms with E-state index in [4.69, 9.17) is 0 Å². The zero-order valence-corrected chi connectivity index (χ0v) is 16.8. The summed E-state index contributed by atoms with van der Waals surface area (Å²) in [5.74, 6) is -0.153. The van der Waals surface area contributed by atoms with E-state index in [0.717, 1.165) is 31.8 Å². The standard InChI is InChI=1S/C17H12BrN5OS2/c1-10-15(26-22-21-10)16(24)23(9-11-3-2-6-19-8-11)17-20-13-5-4-12(18)7-14(13)25-17/h2-8H,9H2,1H3. The topological polar surface area (TPSA) is 71.9 Å². The fraction of sp³-hybridized carbons (Fsp3) is 0.118. The van der Waals surface area contributed by atoms with Gasteiger partial charge in [0.05, 0.1) is 22.5 Å². The van der Waals surface area contributed by atoms with Gasteiger partial charge in [0.1, 0.15) is 4.88 Å². The van der Waals surface area contributed by atoms with E-state index in [1.807, 2.05) is 30.3 Å². The highest BCUT2D eigenvalue weighted by Gasteiger charge is 2.25. The summed E-state index contributed by atoms with van der Waals surface area (Å²) >= 11 is 6.06. The molecule has 26 heavy (non-hydrogen) atoms. The molecule has 0 spiro atoms. The number of anilines is 1. The normalized spacial score (nSPS) is 11.0. The predicted octanol–water partition coefficient (Wildman–Crippen LogP) is 4.46. The number of aryl methyl sites for hydroxylation is 1. The molecule has 0 aliphatic carbocycles. The first-order valence-corrected chi connectivity index (χ1v) is 10.1. The Balaban J connectivity index is 1.78. The Hall–Kier alpha value is -2.23. The van der Waals surface area contributed by atoms with Crippen LogP contribution < -0.4 is 4.90 Å². The van der Waals surface area contributed by atoms with Crippen LogP contribution in [0.2, 0.25) is 0 Å². The maximum absolute atomic E-state index is 13.2. The van der Waals surface area contributed by atoms with Gasteiger partial charge in [0.15, 0.2) is 5.13 Å². The Morgan fingerprint density at radius 3 is 2.92 bits per heavy atom. The Morgan fingerprint density at radius 2 is 2.19 bits per heavy atom. The molecule has 3 heterocycles. The van der Waals surface area contributed by atoms with E-state index in [-0.39, 0.29) is 5.91 Å². The number of carbonyl (C=O) groups excluding carboxylic acids is 1. The lowest BCUT2D eigenvalue weighted by molar-refractivity contribution is 0.0988. The number of halogens is 1. The first-order chi connectivity index (χ1) is 12.6. The number of pyridine rings is 1. The van der Waals surface area contributed by atoms with Gasteiger partial charge in [0.25, 0.3) is 5.91 Å². The summed E-state index contributed by atoms with van der Waals surface area (Å²) in [6.45, 7) is 2.17. The highest BCUT2D eigenvalue weighted by atomic mass is 79.9. The highest BCUT2D eigenvalue weighted by molar-refractivity contribution is 9.10. The van der Waals surface area contributed by atoms with E-state index in [2.05, 4.69) is 35.5 Å². The van der Waals surface area contributed by atoms with Crippen molar-refractivity contribution >= 4 is 60.1 Å². The summed E-state index contributed by atoms with van der Waals surface area (Å²) in [7, 11) is 0. The van der Waals surface area contributed by atoms with Crippen LogP contribution in [-0.4, -0.2) is 25.5 Å². The molecular formula is C17H12BrN5OS2. The maximum atomic E-state index is 13.2. The van der Waals surface area contributed by atoms with Crippen LogP contribution in [0.3, 0.4) is 0 Å². The lowest BCUT2D eigenvalue weighted by Gasteiger charge is -2.19. The molecule has 0 bridgehead atoms. The van der Waals surface area contributed by atoms with Gasteiger partial charge in [-0.1, -0.05) is 37.8 Å². The zero-order chi connectivity index (χ0) is 18.1. The van der Waals surface area contributed by atoms with Gasteiger partial charge in [0, 0.05) is 16.9 Å². The van der Waals surface area contributed by atoms with Crippen molar-refractivity contribution in [3.8, 4) is 0 Å². The first kappa shape index (κ1) is 17.2. The van der Waals surface area contributed by atoms with E-state index < -0.39 is 0 Å². The van der Waals surface area contributed by atoms with Crippen LogP contribution in [0.4, 0.5) is 5.13 Å². The fourth-order valence-electron chi connectivity index (χ4n) is 2.45. The molecule has 0 unspecified atom stereocenters. The smallest absolute Gasteiger partial charge is 0.274 e. The van der Waals surface area contributed by atoms with Gasteiger partial charge in [-0.05, 0) is 48.3 Å². The quantitative estimate of drug-likeness (QED) is 0.463. The summed E-state index contributed by atoms with van der Waals surface area (Å²) in [5.41, 5.74) is 2.41. The third kappa shape index (κ3) is 3.37. The van der Waals surface area contributed by atoms with E-state index in [0.29, 0.717) is 22.2 Å². The SMILES string of the molecule is Cc1nnsc1C(=O)N(Cc1cccnc1)c1nc2ccc(Br)cc2s1. The lowest BCUT2D eigenvalue weighted by Crippen LogP contribution is -2.30. The Bertz CT molecular complexity index is 1080. The van der Waals surface area contributed by atoms with E-state index >= 15 is 0 Å². The van der Waals surface area contributed by atoms with Gasteiger partial charge in [0.2, 0.25) is 0 Å². The number of thiazole rings is 1. The largest absolute Gasteiger partial charge is 0.279 e. The number of benzene rings is 1. The van der Waals surface area contributed by atoms with Crippen LogP contribution >= 0.6 is 38.8 Å². The average molecular weight is 446 g/mol. The van der Waals surface area contributed by atoms with Gasteiger partial charge >= 0.3 is 0 Å². The molecule has 6 nitrogen and oxygen atoms in total. The lowest BCUT2D eigenvalue weighted by atomic mass is 10.2. The molecule has 0 atom stereocenters. The van der Waals surface area contributed by atoms with Crippen LogP contribution in [0, 0.1) is 6.92 Å². The van der Waals surface area contributed by atoms with Crippen LogP contribution in [0.15, 0.2) is 47.2 Å². The third-order valence-electron chi connectivity index (χ3n) is 3.72. The van der Waals surface area contributed by atoms with Gasteiger partial charge in [-0.2, -0.15) is 0 Å². The van der Waals surface area contributed by atoms with E-state index in [1.165, 1.54) is 11.3 Å². The molecule has 1 amide bonds. The van der Waals surface area contributed by atoms with Crippen LogP contribution in [0.5, 0.6) is 0 Å². The van der Waals surface area contributed by atoms with Crippen LogP contribution in [0.25, 0.3) is 10.2 Å². The monoisotopic (exact) mass is 445 g/mol. The minimum atomic E-state index is -0.153. The predicted molar refractivity (Wildman–Crippen MR) is 107 cm³/mol. The molecule has 4 aromatic rings. The first-order valence-electron chi connectivity index (χ1n) is 7.67. The van der Waals surface area contributed by atoms with Crippen molar-refractivity contribution in [2.45, 2.75) is 13.5 Å². The van der Waals surface area contributed by atoms with Gasteiger partial charge in [-0.25, -0.2) is 4.98 Å². The number of hydrogen-bond donors (Lipinski definition) is 0. The molecule has 0 saturated heterocycles. The second-order valence-corrected chi connectivity index (χ2v) is 8.23. The molecule has 0 fully saturated rings. The average Bonchev–Trinajstić information content (AvgIpc) is 3.25. The molecule has 0 aliphatic heterocycles. The summed E-state index contributed by atoms with van der Waals surface area (Å²) < 4.78 is 5.88. The molecule has 0 N–H and O–H groups in total. The molecule has 9 heteroatoms. The van der Waals surface area contributed by atoms with Crippen molar-refractivity contribution in [1.82, 2.24) is 19.6 Å². The second kappa shape index (κ2) is 7.18. The summed E-state index contributed by atoms with van der Waals surface area (Å²) in [6, 6.07) is 9.67. The van der Waals surface area contributed by atoms with Crippen molar-refractivity contribution < 1.29 is 4.79 Å². The number of aromatic nitrogens is 4. The van der Waals surface area contributed by atoms with Gasteiger partial charge < -0.3 is 0 Å². The molecule has 1 aromatic carbocycles. The van der Waals surface area contributed by atoms with Crippen molar-refractivity contribution in [2.75, 3.05) is 4.90 Å². The van der Waals surface area contributed by atoms with Crippen molar-refractivity contribution in [1.29, 1.82) is 0 Å². The van der Waals surface area contributed by atoms with Gasteiger partial charge in [-0.15, -0.1) is 5.10 Å². The Kier molecular flexibility index (Phi) is 4.75. The van der Waals surface area contributed by atoms with Crippen molar-refractivity contribution in [2.24, 2.45) is 0 Å². The fourth-order valence-corrected chi connectivity index (χ4v) is 4.57. The summed E-state index contributed by atoms with van der Waals surface area (Å²) in [4.78, 5) is 24.2. The molecule has 0 aliphatic rings. The molecule has 0 saturated carbocycles. The maximum Gasteiger partial charge on any atom is 0.274 e. The molecule has 4 rings (SSSR count). The number of fused-ring (bicyclic) bond motifs is 1. The number of nitrogens with zero attached hydrogens (tertiary/aromatic N) is 5. The highest BCUT2D eigenvalue weighted by Crippen LogP contribution is 2.33. The molecule has 0 radical (unpaired) electrons. The Morgan fingerprint density at radius 1 is 1.31 bits per heavy atom. The number of hydrogen-bond acceptors (Lipinski definition) is 7. The number of carbonyl (C=O) groups is 1. The number of rotatable bonds is 4. The third-order valence-corrected chi connectivity index (χ3v) is 6.07. The van der Waals surface area contributed by atoms with Crippen LogP contribution in [-0.2, 0) is 6.54 Å². The molecular weight excluding hydrogens is 434 g/mol. The Labute approximate surface area is 165 Å². The van der Waals surface area contributed by atoms with Gasteiger partial charge in [-0.3, -0.25) is 14.7 Å². The minimum Gasteiger partial charge on any atom is -0.279 e. The van der Waals surface area contributed by atoms with Crippen molar-refractivity contribution in [3.05, 3.63) is 63.3 Å². The zero-order valence-electron chi connectivity index (χ0n) is 13.6. The van der Waals surface area contributed by atoms with E-state index in [9.17, 15) is 4.79 Å². The minimum absolute atomic E-state index is 0.153. The van der Waals surface area contributed by atoms with E-state index in [1.54, 1.807) is 24.2 Å². The summed E-state index contributed by atoms with van der Waals surface area (Å²) in [5, 5.41) is 4.60. The second-order valence-electron chi connectivity index (χ2n) is 5.55. The molecule has 130 valence electrons. The summed E-state index contributed by atoms with van der Waals surface area (Å²) in [6.07, 6.45) is 3.46.